The molecule has 0 saturated heterocycles. The summed E-state index contributed by atoms with van der Waals surface area (Å²) in [5.74, 6) is 0.463. The van der Waals surface area contributed by atoms with Gasteiger partial charge in [-0.25, -0.2) is 0 Å². The highest BCUT2D eigenvalue weighted by atomic mass is 35.5. The van der Waals surface area contributed by atoms with Gasteiger partial charge in [-0.2, -0.15) is 0 Å². The topological polar surface area (TPSA) is 50.4 Å². The second-order valence-electron chi connectivity index (χ2n) is 3.41. The van der Waals surface area contributed by atoms with Gasteiger partial charge in [0.25, 0.3) is 0 Å². The zero-order valence-electron chi connectivity index (χ0n) is 8.30. The van der Waals surface area contributed by atoms with Crippen molar-refractivity contribution in [3.05, 3.63) is 38.7 Å². The van der Waals surface area contributed by atoms with Crippen LogP contribution in [0.25, 0.3) is 11.0 Å². The smallest absolute Gasteiger partial charge is 0.195 e. The van der Waals surface area contributed by atoms with Crippen molar-refractivity contribution in [2.75, 3.05) is 0 Å². The minimum absolute atomic E-state index is 0.0874. The molecule has 0 atom stereocenters. The second kappa shape index (κ2) is 3.28. The number of phenolic OH excluding ortho intramolecular Hbond substituents is 1. The first-order valence-electron chi connectivity index (χ1n) is 4.43. The molecule has 15 heavy (non-hydrogen) atoms. The molecule has 0 spiro atoms. The van der Waals surface area contributed by atoms with Crippen LogP contribution in [0.3, 0.4) is 0 Å². The first kappa shape index (κ1) is 10.1. The summed E-state index contributed by atoms with van der Waals surface area (Å²) in [6.07, 6.45) is 0. The number of aromatic hydroxyl groups is 1. The highest BCUT2D eigenvalue weighted by Crippen LogP contribution is 2.28. The predicted molar refractivity (Wildman–Crippen MR) is 58.6 cm³/mol. The molecule has 0 amide bonds. The molecule has 0 aliphatic carbocycles. The van der Waals surface area contributed by atoms with Crippen molar-refractivity contribution < 1.29 is 9.52 Å². The number of aryl methyl sites for hydroxylation is 1. The van der Waals surface area contributed by atoms with Gasteiger partial charge in [-0.1, -0.05) is 11.6 Å². The van der Waals surface area contributed by atoms with Gasteiger partial charge < -0.3 is 9.52 Å². The van der Waals surface area contributed by atoms with Crippen LogP contribution >= 0.6 is 11.6 Å². The van der Waals surface area contributed by atoms with Crippen LogP contribution < -0.4 is 5.43 Å². The van der Waals surface area contributed by atoms with Crippen LogP contribution in [-0.4, -0.2) is 5.11 Å². The van der Waals surface area contributed by atoms with Gasteiger partial charge in [0.2, 0.25) is 0 Å². The van der Waals surface area contributed by atoms with Crippen molar-refractivity contribution in [2.24, 2.45) is 0 Å². The Bertz CT molecular complexity index is 594. The highest BCUT2D eigenvalue weighted by molar-refractivity contribution is 6.32. The first-order chi connectivity index (χ1) is 7.00. The molecule has 2 aromatic rings. The highest BCUT2D eigenvalue weighted by Gasteiger charge is 2.10. The fourth-order valence-corrected chi connectivity index (χ4v) is 1.57. The van der Waals surface area contributed by atoms with Gasteiger partial charge in [-0.15, -0.1) is 0 Å². The molecule has 0 saturated carbocycles. The predicted octanol–water partition coefficient (Wildman–Crippen LogP) is 2.77. The van der Waals surface area contributed by atoms with Crippen molar-refractivity contribution in [1.82, 2.24) is 0 Å². The van der Waals surface area contributed by atoms with E-state index in [9.17, 15) is 9.90 Å². The van der Waals surface area contributed by atoms with E-state index in [1.165, 1.54) is 12.1 Å². The van der Waals surface area contributed by atoms with Crippen molar-refractivity contribution >= 4 is 22.6 Å². The van der Waals surface area contributed by atoms with Gasteiger partial charge >= 0.3 is 0 Å². The van der Waals surface area contributed by atoms with Gasteiger partial charge in [0.15, 0.2) is 5.43 Å². The van der Waals surface area contributed by atoms with E-state index in [-0.39, 0.29) is 16.2 Å². The first-order valence-corrected chi connectivity index (χ1v) is 4.81. The number of halogens is 1. The summed E-state index contributed by atoms with van der Waals surface area (Å²) in [5, 5.41) is 9.92. The number of hydrogen-bond donors (Lipinski definition) is 1. The lowest BCUT2D eigenvalue weighted by molar-refractivity contribution is 0.473. The van der Waals surface area contributed by atoms with Crippen LogP contribution in [0, 0.1) is 13.8 Å². The van der Waals surface area contributed by atoms with Crippen molar-refractivity contribution in [2.45, 2.75) is 13.8 Å². The molecule has 0 radical (unpaired) electrons. The fourth-order valence-electron chi connectivity index (χ4n) is 1.41. The zero-order chi connectivity index (χ0) is 11.2. The fraction of sp³-hybridized carbons (Fsp3) is 0.182. The summed E-state index contributed by atoms with van der Waals surface area (Å²) in [4.78, 5) is 11.8. The normalized spacial score (nSPS) is 10.9. The van der Waals surface area contributed by atoms with E-state index in [1.807, 2.05) is 0 Å². The zero-order valence-corrected chi connectivity index (χ0v) is 9.05. The number of rotatable bonds is 0. The lowest BCUT2D eigenvalue weighted by atomic mass is 10.1. The lowest BCUT2D eigenvalue weighted by Gasteiger charge is -2.03. The summed E-state index contributed by atoms with van der Waals surface area (Å²) in [6, 6.07) is 2.77. The molecular formula is C11H9ClO3. The quantitative estimate of drug-likeness (QED) is 0.749. The number of benzene rings is 1. The van der Waals surface area contributed by atoms with E-state index in [4.69, 9.17) is 16.0 Å². The van der Waals surface area contributed by atoms with Crippen LogP contribution in [0.5, 0.6) is 5.75 Å². The summed E-state index contributed by atoms with van der Waals surface area (Å²) < 4.78 is 5.39. The molecule has 3 nitrogen and oxygen atoms in total. The van der Waals surface area contributed by atoms with Gasteiger partial charge in [0.05, 0.1) is 10.4 Å². The third kappa shape index (κ3) is 1.49. The number of fused-ring (bicyclic) bond motifs is 1. The Morgan fingerprint density at radius 2 is 2.00 bits per heavy atom. The Hall–Kier alpha value is -1.48. The lowest BCUT2D eigenvalue weighted by Crippen LogP contribution is -2.07. The second-order valence-corrected chi connectivity index (χ2v) is 3.82. The molecule has 1 heterocycles. The minimum Gasteiger partial charge on any atom is -0.506 e. The van der Waals surface area contributed by atoms with Gasteiger partial charge in [0, 0.05) is 11.6 Å². The Balaban J connectivity index is 3.00. The molecule has 4 heteroatoms. The summed E-state index contributed by atoms with van der Waals surface area (Å²) in [7, 11) is 0. The molecule has 2 rings (SSSR count). The Kier molecular flexibility index (Phi) is 2.20. The van der Waals surface area contributed by atoms with E-state index >= 15 is 0 Å². The minimum atomic E-state index is -0.115. The number of phenols is 1. The number of hydrogen-bond acceptors (Lipinski definition) is 3. The third-order valence-electron chi connectivity index (χ3n) is 2.43. The maximum atomic E-state index is 11.8. The maximum Gasteiger partial charge on any atom is 0.195 e. The van der Waals surface area contributed by atoms with Crippen LogP contribution in [0.2, 0.25) is 5.02 Å². The summed E-state index contributed by atoms with van der Waals surface area (Å²) >= 11 is 5.72. The molecule has 1 aromatic carbocycles. The molecule has 0 unspecified atom stereocenters. The Morgan fingerprint density at radius 3 is 2.67 bits per heavy atom. The van der Waals surface area contributed by atoms with Crippen molar-refractivity contribution in [3.63, 3.8) is 0 Å². The molecule has 0 bridgehead atoms. The average Bonchev–Trinajstić information content (AvgIpc) is 2.19. The van der Waals surface area contributed by atoms with E-state index in [1.54, 1.807) is 13.8 Å². The molecule has 0 aliphatic heterocycles. The third-order valence-corrected chi connectivity index (χ3v) is 2.73. The molecule has 78 valence electrons. The van der Waals surface area contributed by atoms with Crippen LogP contribution in [0.15, 0.2) is 21.3 Å². The summed E-state index contributed by atoms with van der Waals surface area (Å²) in [5.41, 5.74) is 0.796. The van der Waals surface area contributed by atoms with Crippen LogP contribution in [0.4, 0.5) is 0 Å². The van der Waals surface area contributed by atoms with Gasteiger partial charge in [0.1, 0.15) is 17.1 Å². The summed E-state index contributed by atoms with van der Waals surface area (Å²) in [6.45, 7) is 3.41. The molecule has 0 aliphatic rings. The standard InChI is InChI=1S/C11H9ClO3/c1-5-6(2)15-10-4-9(13)8(12)3-7(10)11(5)14/h3-4,13H,1-2H3. The molecule has 1 N–H and O–H groups in total. The largest absolute Gasteiger partial charge is 0.506 e. The van der Waals surface area contributed by atoms with Crippen molar-refractivity contribution in [3.8, 4) is 5.75 Å². The Labute approximate surface area is 90.9 Å². The van der Waals surface area contributed by atoms with Gasteiger partial charge in [-0.05, 0) is 19.9 Å². The van der Waals surface area contributed by atoms with E-state index in [0.717, 1.165) is 0 Å². The van der Waals surface area contributed by atoms with Gasteiger partial charge in [-0.3, -0.25) is 4.79 Å². The Morgan fingerprint density at radius 1 is 1.33 bits per heavy atom. The van der Waals surface area contributed by atoms with Crippen LogP contribution in [0.1, 0.15) is 11.3 Å². The molecular weight excluding hydrogens is 216 g/mol. The average molecular weight is 225 g/mol. The van der Waals surface area contributed by atoms with Crippen LogP contribution in [-0.2, 0) is 0 Å². The van der Waals surface area contributed by atoms with E-state index in [0.29, 0.717) is 22.3 Å². The van der Waals surface area contributed by atoms with E-state index < -0.39 is 0 Å². The SMILES string of the molecule is Cc1oc2cc(O)c(Cl)cc2c(=O)c1C. The van der Waals surface area contributed by atoms with Crippen molar-refractivity contribution in [1.29, 1.82) is 0 Å². The molecule has 0 fully saturated rings. The molecule has 1 aromatic heterocycles. The monoisotopic (exact) mass is 224 g/mol. The van der Waals surface area contributed by atoms with E-state index in [2.05, 4.69) is 0 Å². The maximum absolute atomic E-state index is 11.8.